The van der Waals surface area contributed by atoms with Crippen molar-refractivity contribution in [2.24, 2.45) is 0 Å². The minimum atomic E-state index is 0.602. The van der Waals surface area contributed by atoms with Crippen molar-refractivity contribution in [1.29, 1.82) is 0 Å². The first-order valence-electron chi connectivity index (χ1n) is 6.66. The smallest absolute Gasteiger partial charge is 0.124 e. The molecule has 0 bridgehead atoms. The van der Waals surface area contributed by atoms with E-state index in [4.69, 9.17) is 4.74 Å². The van der Waals surface area contributed by atoms with Crippen LogP contribution in [0.3, 0.4) is 0 Å². The van der Waals surface area contributed by atoms with Gasteiger partial charge < -0.3 is 10.1 Å². The molecule has 1 heterocycles. The van der Waals surface area contributed by atoms with Crippen molar-refractivity contribution in [3.05, 3.63) is 45.9 Å². The van der Waals surface area contributed by atoms with Gasteiger partial charge in [-0.1, -0.05) is 12.1 Å². The van der Waals surface area contributed by atoms with E-state index in [0.717, 1.165) is 23.3 Å². The lowest BCUT2D eigenvalue weighted by Gasteiger charge is -2.07. The molecule has 100 valence electrons. The molecule has 1 aliphatic carbocycles. The summed E-state index contributed by atoms with van der Waals surface area (Å²) in [5.41, 5.74) is 1.28. The number of aryl methyl sites for hydroxylation is 1. The minimum absolute atomic E-state index is 0.602. The first-order chi connectivity index (χ1) is 9.29. The van der Waals surface area contributed by atoms with Gasteiger partial charge >= 0.3 is 0 Å². The summed E-state index contributed by atoms with van der Waals surface area (Å²) in [5.74, 6) is 0.932. The fourth-order valence-electron chi connectivity index (χ4n) is 1.92. The van der Waals surface area contributed by atoms with Crippen molar-refractivity contribution in [3.8, 4) is 5.75 Å². The van der Waals surface area contributed by atoms with Crippen LogP contribution in [0.1, 0.15) is 28.3 Å². The van der Waals surface area contributed by atoms with Crippen LogP contribution in [0.4, 0.5) is 0 Å². The highest BCUT2D eigenvalue weighted by atomic mass is 32.1. The Morgan fingerprint density at radius 3 is 3.05 bits per heavy atom. The van der Waals surface area contributed by atoms with Gasteiger partial charge in [0.1, 0.15) is 12.4 Å². The van der Waals surface area contributed by atoms with Crippen LogP contribution in [-0.2, 0) is 13.2 Å². The van der Waals surface area contributed by atoms with Crippen LogP contribution in [0, 0.1) is 6.92 Å². The largest absolute Gasteiger partial charge is 0.488 e. The summed E-state index contributed by atoms with van der Waals surface area (Å²) in [6, 6.07) is 9.05. The summed E-state index contributed by atoms with van der Waals surface area (Å²) < 4.78 is 5.81. The molecule has 0 saturated heterocycles. The Hall–Kier alpha value is -1.39. The summed E-state index contributed by atoms with van der Waals surface area (Å²) in [5, 5.41) is 4.60. The molecule has 1 aromatic heterocycles. The molecule has 1 aromatic carbocycles. The second kappa shape index (κ2) is 5.72. The number of nitrogens with one attached hydrogen (secondary N) is 1. The minimum Gasteiger partial charge on any atom is -0.488 e. The molecule has 0 spiro atoms. The van der Waals surface area contributed by atoms with Crippen molar-refractivity contribution in [2.45, 2.75) is 39.0 Å². The zero-order chi connectivity index (χ0) is 13.1. The number of aromatic nitrogens is 1. The van der Waals surface area contributed by atoms with Gasteiger partial charge in [-0.05, 0) is 37.5 Å². The van der Waals surface area contributed by atoms with E-state index in [2.05, 4.69) is 28.5 Å². The molecule has 1 aliphatic rings. The quantitative estimate of drug-likeness (QED) is 0.877. The molecular formula is C15H18N2OS. The van der Waals surface area contributed by atoms with Crippen molar-refractivity contribution >= 4 is 11.3 Å². The first kappa shape index (κ1) is 12.6. The monoisotopic (exact) mass is 274 g/mol. The van der Waals surface area contributed by atoms with Crippen LogP contribution >= 0.6 is 11.3 Å². The van der Waals surface area contributed by atoms with Gasteiger partial charge in [-0.3, -0.25) is 0 Å². The van der Waals surface area contributed by atoms with Crippen LogP contribution in [0.2, 0.25) is 0 Å². The Kier molecular flexibility index (Phi) is 3.80. The number of rotatable bonds is 6. The number of thiazole rings is 1. The van der Waals surface area contributed by atoms with Crippen LogP contribution in [0.15, 0.2) is 30.5 Å². The van der Waals surface area contributed by atoms with Crippen molar-refractivity contribution < 1.29 is 4.74 Å². The molecule has 0 radical (unpaired) electrons. The molecule has 2 aromatic rings. The Bertz CT molecular complexity index is 549. The molecule has 3 nitrogen and oxygen atoms in total. The molecular weight excluding hydrogens is 256 g/mol. The maximum Gasteiger partial charge on any atom is 0.124 e. The van der Waals surface area contributed by atoms with Crippen LogP contribution in [0.25, 0.3) is 0 Å². The average Bonchev–Trinajstić information content (AvgIpc) is 3.16. The molecule has 1 saturated carbocycles. The molecule has 0 aliphatic heterocycles. The van der Waals surface area contributed by atoms with Gasteiger partial charge in [-0.25, -0.2) is 4.98 Å². The zero-order valence-corrected chi connectivity index (χ0v) is 11.9. The number of nitrogens with zero attached hydrogens (tertiary/aromatic N) is 1. The van der Waals surface area contributed by atoms with E-state index in [9.17, 15) is 0 Å². The van der Waals surface area contributed by atoms with Crippen molar-refractivity contribution in [1.82, 2.24) is 10.3 Å². The molecule has 1 N–H and O–H groups in total. The Balaban J connectivity index is 1.55. The highest BCUT2D eigenvalue weighted by Crippen LogP contribution is 2.21. The van der Waals surface area contributed by atoms with E-state index in [1.165, 1.54) is 23.3 Å². The Morgan fingerprint density at radius 1 is 1.42 bits per heavy atom. The Labute approximate surface area is 117 Å². The predicted octanol–water partition coefficient (Wildman–Crippen LogP) is 3.28. The van der Waals surface area contributed by atoms with Crippen LogP contribution in [0.5, 0.6) is 5.75 Å². The molecule has 0 atom stereocenters. The summed E-state index contributed by atoms with van der Waals surface area (Å²) >= 11 is 1.69. The molecule has 0 amide bonds. The fraction of sp³-hybridized carbons (Fsp3) is 0.400. The van der Waals surface area contributed by atoms with Gasteiger partial charge in [0.2, 0.25) is 0 Å². The van der Waals surface area contributed by atoms with Crippen LogP contribution in [-0.4, -0.2) is 11.0 Å². The fourth-order valence-corrected chi connectivity index (χ4v) is 2.63. The van der Waals surface area contributed by atoms with Crippen molar-refractivity contribution in [2.75, 3.05) is 0 Å². The third-order valence-electron chi connectivity index (χ3n) is 3.12. The normalized spacial score (nSPS) is 14.6. The van der Waals surface area contributed by atoms with E-state index >= 15 is 0 Å². The zero-order valence-electron chi connectivity index (χ0n) is 11.1. The van der Waals surface area contributed by atoms with E-state index in [-0.39, 0.29) is 0 Å². The van der Waals surface area contributed by atoms with E-state index in [1.54, 1.807) is 11.3 Å². The Morgan fingerprint density at radius 2 is 2.32 bits per heavy atom. The average molecular weight is 274 g/mol. The summed E-state index contributed by atoms with van der Waals surface area (Å²) in [6.45, 7) is 3.55. The highest BCUT2D eigenvalue weighted by Gasteiger charge is 2.19. The predicted molar refractivity (Wildman–Crippen MR) is 77.5 cm³/mol. The standard InChI is InChI=1S/C15H18N2OS/c1-11-16-9-15(19-11)10-18-14-4-2-3-12(7-14)8-17-13-5-6-13/h2-4,7,9,13,17H,5-6,8,10H2,1H3. The van der Waals surface area contributed by atoms with Gasteiger partial charge in [0.15, 0.2) is 0 Å². The molecule has 0 unspecified atom stereocenters. The van der Waals surface area contributed by atoms with Gasteiger partial charge in [-0.2, -0.15) is 0 Å². The van der Waals surface area contributed by atoms with E-state index < -0.39 is 0 Å². The number of hydrogen-bond acceptors (Lipinski definition) is 4. The van der Waals surface area contributed by atoms with E-state index in [0.29, 0.717) is 6.61 Å². The molecule has 19 heavy (non-hydrogen) atoms. The summed E-state index contributed by atoms with van der Waals surface area (Å²) in [4.78, 5) is 5.40. The SMILES string of the molecule is Cc1ncc(COc2cccc(CNC3CC3)c2)s1. The van der Waals surface area contributed by atoms with Gasteiger partial charge in [0.05, 0.1) is 9.88 Å². The topological polar surface area (TPSA) is 34.1 Å². The lowest BCUT2D eigenvalue weighted by atomic mass is 10.2. The second-order valence-corrected chi connectivity index (χ2v) is 6.26. The number of ether oxygens (including phenoxy) is 1. The summed E-state index contributed by atoms with van der Waals surface area (Å²) in [7, 11) is 0. The maximum absolute atomic E-state index is 5.81. The molecule has 3 rings (SSSR count). The summed E-state index contributed by atoms with van der Waals surface area (Å²) in [6.07, 6.45) is 4.53. The third kappa shape index (κ3) is 3.78. The number of benzene rings is 1. The maximum atomic E-state index is 5.81. The van der Waals surface area contributed by atoms with Crippen molar-refractivity contribution in [3.63, 3.8) is 0 Å². The number of hydrogen-bond donors (Lipinski definition) is 1. The highest BCUT2D eigenvalue weighted by molar-refractivity contribution is 7.11. The van der Waals surface area contributed by atoms with E-state index in [1.807, 2.05) is 19.2 Å². The van der Waals surface area contributed by atoms with Crippen LogP contribution < -0.4 is 10.1 Å². The molecule has 4 heteroatoms. The lowest BCUT2D eigenvalue weighted by Crippen LogP contribution is -2.15. The second-order valence-electron chi connectivity index (χ2n) is 4.94. The van der Waals surface area contributed by atoms with Gasteiger partial charge in [-0.15, -0.1) is 11.3 Å². The lowest BCUT2D eigenvalue weighted by molar-refractivity contribution is 0.309. The first-order valence-corrected chi connectivity index (χ1v) is 7.48. The molecule has 1 fully saturated rings. The van der Waals surface area contributed by atoms with Gasteiger partial charge in [0, 0.05) is 18.8 Å². The van der Waals surface area contributed by atoms with Gasteiger partial charge in [0.25, 0.3) is 0 Å². The third-order valence-corrected chi connectivity index (χ3v) is 4.01.